The molecule has 0 aliphatic heterocycles. The zero-order chi connectivity index (χ0) is 40.9. The highest BCUT2D eigenvalue weighted by atomic mass is 16.3. The maximum atomic E-state index is 12.8. The number of unbranched alkanes of at least 4 members (excludes halogenated alkanes) is 4. The van der Waals surface area contributed by atoms with Crippen LogP contribution in [-0.2, 0) is 0 Å². The Morgan fingerprint density at radius 3 is 1.60 bits per heavy atom. The Hall–Kier alpha value is -6.31. The number of hydrogen-bond acceptors (Lipinski definition) is 5. The fourth-order valence-corrected chi connectivity index (χ4v) is 9.02. The highest BCUT2D eigenvalue weighted by Crippen LogP contribution is 2.57. The van der Waals surface area contributed by atoms with Crippen molar-refractivity contribution in [3.63, 3.8) is 0 Å². The maximum absolute atomic E-state index is 12.8. The number of nitrogens with two attached hydrogens (primary N) is 2. The number of nitriles is 1. The minimum atomic E-state index is -0.0885. The molecule has 0 aromatic heterocycles. The molecule has 5 aromatic rings. The Kier molecular flexibility index (Phi) is 12.0. The van der Waals surface area contributed by atoms with Gasteiger partial charge in [0.15, 0.2) is 0 Å². The summed E-state index contributed by atoms with van der Waals surface area (Å²) in [6.07, 6.45) is 8.50. The van der Waals surface area contributed by atoms with Crippen molar-refractivity contribution in [3.05, 3.63) is 147 Å². The van der Waals surface area contributed by atoms with Gasteiger partial charge in [-0.15, -0.1) is 0 Å². The lowest BCUT2D eigenvalue weighted by Crippen LogP contribution is -2.30. The van der Waals surface area contributed by atoms with Crippen molar-refractivity contribution < 1.29 is 9.68 Å². The normalized spacial score (nSPS) is 14.2. The first-order valence-corrected chi connectivity index (χ1v) is 21.2. The van der Waals surface area contributed by atoms with Crippen LogP contribution in [0.1, 0.15) is 107 Å². The van der Waals surface area contributed by atoms with Crippen LogP contribution in [0.15, 0.2) is 108 Å². The Balaban J connectivity index is 1.62. The van der Waals surface area contributed by atoms with Gasteiger partial charge in [0, 0.05) is 86.7 Å². The molecule has 0 bridgehead atoms. The number of rotatable bonds is 14. The van der Waals surface area contributed by atoms with Crippen LogP contribution in [0.5, 0.6) is 0 Å². The summed E-state index contributed by atoms with van der Waals surface area (Å²) in [6.45, 7) is 20.8. The number of fused-ring (bicyclic) bond motifs is 4. The molecule has 2 aliphatic rings. The standard InChI is InChI=1S/C51H54N6O/c1-6-10-28-56(29-11-7-2)49-35-22-16-14-20-33(35)42(34-21-15-17-23-36(34)49)47-45(41(32-52)55-5)48(51(47)58)46-43-37(24-18-26-39(43)53)50(38-25-19-27-40(54)44(38)46)57(30-12-8-3)31-13-9-4/h14-27H,6-13,28-31,53-54H2,1-4H3/p+1. The number of nitrogen functional groups attached to an aromatic ring is 2. The second kappa shape index (κ2) is 17.5. The van der Waals surface area contributed by atoms with Crippen molar-refractivity contribution in [2.45, 2.75) is 79.1 Å². The van der Waals surface area contributed by atoms with Gasteiger partial charge in [0.2, 0.25) is 5.71 Å². The summed E-state index contributed by atoms with van der Waals surface area (Å²) < 4.78 is 2.53. The average molecular weight is 768 g/mol. The Bertz CT molecular complexity index is 2480. The van der Waals surface area contributed by atoms with Crippen molar-refractivity contribution in [3.8, 4) is 6.07 Å². The molecule has 0 heterocycles. The van der Waals surface area contributed by atoms with Crippen LogP contribution in [0.2, 0.25) is 0 Å². The van der Waals surface area contributed by atoms with E-state index < -0.39 is 0 Å². The van der Waals surface area contributed by atoms with Crippen LogP contribution >= 0.6 is 0 Å². The van der Waals surface area contributed by atoms with E-state index in [0.29, 0.717) is 33.7 Å². The molecule has 0 atom stereocenters. The molecule has 5 aromatic carbocycles. The molecule has 0 saturated heterocycles. The number of aliphatic hydroxyl groups excluding tert-OH is 1. The summed E-state index contributed by atoms with van der Waals surface area (Å²) in [4.78, 5) is 6.30. The fraction of sp³-hybridized carbons (Fsp3) is 0.314. The van der Waals surface area contributed by atoms with Crippen LogP contribution in [0.3, 0.4) is 0 Å². The van der Waals surface area contributed by atoms with Crippen molar-refractivity contribution in [2.75, 3.05) is 42.5 Å². The lowest BCUT2D eigenvalue weighted by atomic mass is 9.69. The van der Waals surface area contributed by atoms with Crippen molar-refractivity contribution in [1.82, 2.24) is 0 Å². The summed E-state index contributed by atoms with van der Waals surface area (Å²) in [5, 5.41) is 26.9. The van der Waals surface area contributed by atoms with Crippen molar-refractivity contribution >= 4 is 55.5 Å². The van der Waals surface area contributed by atoms with E-state index in [-0.39, 0.29) is 11.5 Å². The monoisotopic (exact) mass is 767 g/mol. The van der Waals surface area contributed by atoms with Gasteiger partial charge in [-0.1, -0.05) is 114 Å². The number of nitrogens with zero attached hydrogens (tertiary/aromatic N) is 4. The maximum Gasteiger partial charge on any atom is 0.270 e. The fourth-order valence-electron chi connectivity index (χ4n) is 9.02. The molecule has 0 amide bonds. The molecule has 0 unspecified atom stereocenters. The van der Waals surface area contributed by atoms with Crippen LogP contribution in [0.4, 0.5) is 17.1 Å². The van der Waals surface area contributed by atoms with Crippen molar-refractivity contribution in [1.29, 1.82) is 5.26 Å². The molecule has 294 valence electrons. The SMILES string of the molecule is [C-]#[N+]C(C#N)=C1C(=C2c3ccccc3C(=[N+](CCCC)CCCC)c3ccccc32)C(O)=C1c1c2c(N)cccc2c(N(CCCC)CCCC)c2cccc(N)c12. The zero-order valence-electron chi connectivity index (χ0n) is 34.5. The minimum Gasteiger partial charge on any atom is -0.507 e. The quantitative estimate of drug-likeness (QED) is 0.0336. The van der Waals surface area contributed by atoms with Crippen LogP contribution < -0.4 is 16.4 Å². The first kappa shape index (κ1) is 39.9. The van der Waals surface area contributed by atoms with E-state index in [1.807, 2.05) is 36.4 Å². The molecule has 0 saturated carbocycles. The average Bonchev–Trinajstić information content (AvgIpc) is 3.24. The first-order chi connectivity index (χ1) is 28.4. The second-order valence-electron chi connectivity index (χ2n) is 15.5. The lowest BCUT2D eigenvalue weighted by molar-refractivity contribution is -0.528. The molecule has 7 rings (SSSR count). The molecule has 2 aliphatic carbocycles. The molecular weight excluding hydrogens is 713 g/mol. The first-order valence-electron chi connectivity index (χ1n) is 21.2. The van der Waals surface area contributed by atoms with Crippen LogP contribution in [0, 0.1) is 17.9 Å². The van der Waals surface area contributed by atoms with E-state index in [1.165, 1.54) is 5.71 Å². The predicted molar refractivity (Wildman–Crippen MR) is 243 cm³/mol. The molecular formula is C51H55N6O+. The molecule has 0 spiro atoms. The van der Waals surface area contributed by atoms with E-state index in [4.69, 9.17) is 18.0 Å². The Labute approximate surface area is 343 Å². The van der Waals surface area contributed by atoms with Gasteiger partial charge in [-0.25, -0.2) is 14.7 Å². The van der Waals surface area contributed by atoms with Crippen molar-refractivity contribution in [2.24, 2.45) is 0 Å². The van der Waals surface area contributed by atoms with Gasteiger partial charge >= 0.3 is 0 Å². The molecule has 7 nitrogen and oxygen atoms in total. The Morgan fingerprint density at radius 1 is 0.672 bits per heavy atom. The summed E-state index contributed by atoms with van der Waals surface area (Å²) >= 11 is 0. The molecule has 0 radical (unpaired) electrons. The van der Waals surface area contributed by atoms with Gasteiger partial charge in [-0.2, -0.15) is 0 Å². The van der Waals surface area contributed by atoms with Gasteiger partial charge in [-0.3, -0.25) is 0 Å². The summed E-state index contributed by atoms with van der Waals surface area (Å²) in [7, 11) is 0. The molecule has 58 heavy (non-hydrogen) atoms. The van der Waals surface area contributed by atoms with Crippen LogP contribution in [0.25, 0.3) is 37.5 Å². The number of anilines is 3. The molecule has 5 N–H and O–H groups in total. The second-order valence-corrected chi connectivity index (χ2v) is 15.5. The minimum absolute atomic E-state index is 0.0268. The molecule has 7 heteroatoms. The van der Waals surface area contributed by atoms with E-state index in [1.54, 1.807) is 0 Å². The van der Waals surface area contributed by atoms with E-state index in [9.17, 15) is 10.4 Å². The summed E-state index contributed by atoms with van der Waals surface area (Å²) in [5.41, 5.74) is 24.1. The number of benzene rings is 5. The van der Waals surface area contributed by atoms with Gasteiger partial charge in [0.25, 0.3) is 5.70 Å². The third-order valence-corrected chi connectivity index (χ3v) is 11.8. The van der Waals surface area contributed by atoms with Gasteiger partial charge in [0.05, 0.1) is 29.5 Å². The van der Waals surface area contributed by atoms with E-state index in [2.05, 4.69) is 96.6 Å². The highest BCUT2D eigenvalue weighted by Gasteiger charge is 2.42. The third-order valence-electron chi connectivity index (χ3n) is 11.8. The van der Waals surface area contributed by atoms with Crippen LogP contribution in [-0.4, -0.2) is 41.6 Å². The summed E-state index contributed by atoms with van der Waals surface area (Å²) in [5.74, 6) is 0.0268. The zero-order valence-corrected chi connectivity index (χ0v) is 34.5. The van der Waals surface area contributed by atoms with Gasteiger partial charge < -0.3 is 21.5 Å². The van der Waals surface area contributed by atoms with Gasteiger partial charge in [-0.05, 0) is 48.2 Å². The van der Waals surface area contributed by atoms with E-state index in [0.717, 1.165) is 133 Å². The van der Waals surface area contributed by atoms with E-state index >= 15 is 0 Å². The number of hydrogen-bond donors (Lipinski definition) is 3. The smallest absolute Gasteiger partial charge is 0.270 e. The number of allylic oxidation sites excluding steroid dienone is 3. The topological polar surface area (TPSA) is 107 Å². The molecule has 0 fully saturated rings. The number of aliphatic hydroxyl groups is 1. The summed E-state index contributed by atoms with van der Waals surface area (Å²) in [6, 6.07) is 30.9. The largest absolute Gasteiger partial charge is 0.507 e. The Morgan fingerprint density at radius 2 is 1.16 bits per heavy atom. The van der Waals surface area contributed by atoms with Gasteiger partial charge in [0.1, 0.15) is 18.8 Å². The third kappa shape index (κ3) is 6.79. The lowest BCUT2D eigenvalue weighted by Gasteiger charge is -2.35. The highest BCUT2D eigenvalue weighted by molar-refractivity contribution is 6.28. The predicted octanol–water partition coefficient (Wildman–Crippen LogP) is 11.8.